The Morgan fingerprint density at radius 2 is 1.94 bits per heavy atom. The van der Waals surface area contributed by atoms with Crippen molar-refractivity contribution < 1.29 is 13.6 Å². The average molecular weight is 475 g/mol. The summed E-state index contributed by atoms with van der Waals surface area (Å²) in [5.41, 5.74) is 7.39. The van der Waals surface area contributed by atoms with Crippen molar-refractivity contribution in [1.29, 1.82) is 0 Å². The molecule has 3 aromatic heterocycles. The Balaban J connectivity index is 1.51. The van der Waals surface area contributed by atoms with Crippen molar-refractivity contribution in [2.24, 2.45) is 17.6 Å². The average Bonchev–Trinajstić information content (AvgIpc) is 3.15. The van der Waals surface area contributed by atoms with E-state index in [0.29, 0.717) is 42.1 Å². The van der Waals surface area contributed by atoms with Crippen LogP contribution in [0.15, 0.2) is 53.5 Å². The predicted octanol–water partition coefficient (Wildman–Crippen LogP) is 4.11. The monoisotopic (exact) mass is 475 g/mol. The zero-order valence-corrected chi connectivity index (χ0v) is 18.8. The van der Waals surface area contributed by atoms with E-state index in [2.05, 4.69) is 14.9 Å². The molecular weight excluding hydrogens is 452 g/mol. The molecule has 9 heteroatoms. The fraction of sp³-hybridized carbons (Fsp3) is 0.308. The molecule has 0 radical (unpaired) electrons. The number of para-hydroxylation sites is 1. The summed E-state index contributed by atoms with van der Waals surface area (Å²) in [6.07, 6.45) is 1.95. The van der Waals surface area contributed by atoms with Crippen LogP contribution in [0.4, 0.5) is 14.6 Å². The van der Waals surface area contributed by atoms with Crippen LogP contribution in [0.25, 0.3) is 33.1 Å². The highest BCUT2D eigenvalue weighted by Crippen LogP contribution is 2.48. The number of benzene rings is 1. The maximum Gasteiger partial charge on any atom is 0.268 e. The summed E-state index contributed by atoms with van der Waals surface area (Å²) in [5.74, 6) is -2.82. The van der Waals surface area contributed by atoms with Gasteiger partial charge in [-0.05, 0) is 36.5 Å². The van der Waals surface area contributed by atoms with Gasteiger partial charge < -0.3 is 15.6 Å². The lowest BCUT2D eigenvalue weighted by Crippen LogP contribution is -2.39. The Labute approximate surface area is 199 Å². The first kappa shape index (κ1) is 21.6. The number of carbonyl (C=O) groups excluding carboxylic acids is 1. The van der Waals surface area contributed by atoms with Gasteiger partial charge in [-0.3, -0.25) is 14.6 Å². The van der Waals surface area contributed by atoms with Crippen LogP contribution in [0, 0.1) is 11.8 Å². The molecule has 7 nitrogen and oxygen atoms in total. The zero-order chi connectivity index (χ0) is 24.3. The molecule has 4 heterocycles. The molecule has 4 aromatic rings. The molecule has 1 amide bonds. The molecule has 0 spiro atoms. The van der Waals surface area contributed by atoms with Crippen LogP contribution in [-0.2, 0) is 0 Å². The van der Waals surface area contributed by atoms with Gasteiger partial charge in [0.05, 0.1) is 22.1 Å². The summed E-state index contributed by atoms with van der Waals surface area (Å²) in [5, 5.41) is 1.02. The Morgan fingerprint density at radius 3 is 2.77 bits per heavy atom. The number of nitrogens with two attached hydrogens (primary N) is 1. The molecule has 2 fully saturated rings. The molecule has 1 aliphatic heterocycles. The SMILES string of the molecule is NC(=O)c1nccc2[nH]c(-c3cc4ccccc4nc3N3CCC4CC(F)(F)CC4C3)cc(=O)c12. The van der Waals surface area contributed by atoms with Gasteiger partial charge in [0.2, 0.25) is 5.92 Å². The molecule has 1 saturated carbocycles. The number of primary amides is 1. The fourth-order valence-electron chi connectivity index (χ4n) is 5.70. The highest BCUT2D eigenvalue weighted by atomic mass is 19.3. The molecule has 2 unspecified atom stereocenters. The third kappa shape index (κ3) is 3.71. The van der Waals surface area contributed by atoms with Crippen LogP contribution in [-0.4, -0.2) is 39.9 Å². The van der Waals surface area contributed by atoms with E-state index in [0.717, 1.165) is 10.9 Å². The van der Waals surface area contributed by atoms with E-state index in [1.165, 1.54) is 12.3 Å². The van der Waals surface area contributed by atoms with Crippen LogP contribution in [0.3, 0.4) is 0 Å². The van der Waals surface area contributed by atoms with Crippen molar-refractivity contribution in [3.8, 4) is 11.3 Å². The third-order valence-corrected chi connectivity index (χ3v) is 7.28. The first-order valence-electron chi connectivity index (χ1n) is 11.6. The van der Waals surface area contributed by atoms with E-state index >= 15 is 0 Å². The van der Waals surface area contributed by atoms with Crippen molar-refractivity contribution >= 4 is 33.5 Å². The summed E-state index contributed by atoms with van der Waals surface area (Å²) in [7, 11) is 0. The van der Waals surface area contributed by atoms with Crippen molar-refractivity contribution in [2.75, 3.05) is 18.0 Å². The van der Waals surface area contributed by atoms with Crippen molar-refractivity contribution in [3.05, 3.63) is 64.6 Å². The van der Waals surface area contributed by atoms with Crippen LogP contribution in [0.5, 0.6) is 0 Å². The van der Waals surface area contributed by atoms with E-state index in [4.69, 9.17) is 10.7 Å². The summed E-state index contributed by atoms with van der Waals surface area (Å²) in [6.45, 7) is 1.11. The van der Waals surface area contributed by atoms with Crippen molar-refractivity contribution in [1.82, 2.24) is 15.0 Å². The van der Waals surface area contributed by atoms with E-state index in [9.17, 15) is 18.4 Å². The van der Waals surface area contributed by atoms with Crippen molar-refractivity contribution in [3.63, 3.8) is 0 Å². The minimum Gasteiger partial charge on any atom is -0.364 e. The van der Waals surface area contributed by atoms with Gasteiger partial charge in [-0.25, -0.2) is 13.8 Å². The number of alkyl halides is 2. The number of piperidine rings is 1. The number of hydrogen-bond acceptors (Lipinski definition) is 5. The standard InChI is InChI=1S/C26H23F2N5O2/c27-26(28)11-15-6-8-33(13-16(15)12-26)25-17(9-14-3-1-2-4-18(14)32-25)20-10-21(34)22-19(31-20)5-7-30-23(22)24(29)35/h1-5,7,9-10,15-16H,6,8,11-13H2,(H2,29,35)(H,31,34). The number of pyridine rings is 3. The molecule has 2 aliphatic rings. The Bertz CT molecular complexity index is 1550. The number of aromatic amines is 1. The molecule has 35 heavy (non-hydrogen) atoms. The van der Waals surface area contributed by atoms with Gasteiger partial charge in [0.25, 0.3) is 5.91 Å². The highest BCUT2D eigenvalue weighted by Gasteiger charge is 2.48. The number of hydrogen-bond donors (Lipinski definition) is 2. The molecule has 1 aromatic carbocycles. The number of halogens is 2. The molecule has 178 valence electrons. The Hall–Kier alpha value is -3.88. The van der Waals surface area contributed by atoms with Crippen LogP contribution >= 0.6 is 0 Å². The van der Waals surface area contributed by atoms with E-state index < -0.39 is 11.8 Å². The first-order chi connectivity index (χ1) is 16.8. The van der Waals surface area contributed by atoms with Gasteiger partial charge in [-0.1, -0.05) is 18.2 Å². The van der Waals surface area contributed by atoms with Gasteiger partial charge >= 0.3 is 0 Å². The summed E-state index contributed by atoms with van der Waals surface area (Å²) < 4.78 is 28.2. The van der Waals surface area contributed by atoms with E-state index in [-0.39, 0.29) is 41.2 Å². The Morgan fingerprint density at radius 1 is 1.14 bits per heavy atom. The molecule has 2 atom stereocenters. The van der Waals surface area contributed by atoms with E-state index in [1.807, 2.05) is 30.3 Å². The number of rotatable bonds is 3. The number of fused-ring (bicyclic) bond motifs is 3. The normalized spacial score (nSPS) is 21.4. The van der Waals surface area contributed by atoms with Crippen LogP contribution in [0.2, 0.25) is 0 Å². The maximum absolute atomic E-state index is 14.1. The van der Waals surface area contributed by atoms with Gasteiger partial charge in [0, 0.05) is 49.1 Å². The molecular formula is C26H23F2N5O2. The number of amides is 1. The van der Waals surface area contributed by atoms with Crippen LogP contribution in [0.1, 0.15) is 29.8 Å². The molecule has 6 rings (SSSR count). The number of H-pyrrole nitrogens is 1. The number of nitrogens with zero attached hydrogens (tertiary/aromatic N) is 3. The second-order valence-electron chi connectivity index (χ2n) is 9.56. The summed E-state index contributed by atoms with van der Waals surface area (Å²) in [6, 6.07) is 12.7. The lowest BCUT2D eigenvalue weighted by atomic mass is 9.88. The third-order valence-electron chi connectivity index (χ3n) is 7.28. The van der Waals surface area contributed by atoms with Gasteiger partial charge in [-0.15, -0.1) is 0 Å². The fourth-order valence-corrected chi connectivity index (χ4v) is 5.70. The smallest absolute Gasteiger partial charge is 0.268 e. The maximum atomic E-state index is 14.1. The largest absolute Gasteiger partial charge is 0.364 e. The zero-order valence-electron chi connectivity index (χ0n) is 18.8. The first-order valence-corrected chi connectivity index (χ1v) is 11.6. The van der Waals surface area contributed by atoms with Gasteiger partial charge in [0.15, 0.2) is 5.43 Å². The van der Waals surface area contributed by atoms with Gasteiger partial charge in [-0.2, -0.15) is 0 Å². The lowest BCUT2D eigenvalue weighted by Gasteiger charge is -2.36. The number of aromatic nitrogens is 3. The quantitative estimate of drug-likeness (QED) is 0.464. The molecule has 1 saturated heterocycles. The molecule has 0 bridgehead atoms. The van der Waals surface area contributed by atoms with E-state index in [1.54, 1.807) is 6.07 Å². The molecule has 1 aliphatic carbocycles. The number of anilines is 1. The minimum atomic E-state index is -2.61. The summed E-state index contributed by atoms with van der Waals surface area (Å²) in [4.78, 5) is 39.1. The van der Waals surface area contributed by atoms with Crippen molar-refractivity contribution in [2.45, 2.75) is 25.2 Å². The number of nitrogens with one attached hydrogen (secondary N) is 1. The second-order valence-corrected chi connectivity index (χ2v) is 9.56. The lowest BCUT2D eigenvalue weighted by molar-refractivity contribution is 0.00300. The molecule has 3 N–H and O–H groups in total. The Kier molecular flexibility index (Phi) is 4.84. The second kappa shape index (κ2) is 7.83. The number of carbonyl (C=O) groups is 1. The van der Waals surface area contributed by atoms with Gasteiger partial charge in [0.1, 0.15) is 11.5 Å². The minimum absolute atomic E-state index is 0.0188. The predicted molar refractivity (Wildman–Crippen MR) is 130 cm³/mol. The topological polar surface area (TPSA) is 105 Å². The highest BCUT2D eigenvalue weighted by molar-refractivity contribution is 6.04. The van der Waals surface area contributed by atoms with Crippen LogP contribution < -0.4 is 16.1 Å². The summed E-state index contributed by atoms with van der Waals surface area (Å²) >= 11 is 0.